The summed E-state index contributed by atoms with van der Waals surface area (Å²) in [5.41, 5.74) is 0. The van der Waals surface area contributed by atoms with Crippen LogP contribution >= 0.6 is 0 Å². The van der Waals surface area contributed by atoms with Crippen LogP contribution in [0.2, 0.25) is 0 Å². The van der Waals surface area contributed by atoms with Crippen molar-refractivity contribution >= 4 is 0 Å². The van der Waals surface area contributed by atoms with Crippen LogP contribution in [-0.2, 0) is 13.0 Å². The molecule has 2 nitrogen and oxygen atoms in total. The molecule has 0 radical (unpaired) electrons. The molecular formula is C12H23N2+. The minimum atomic E-state index is 0.578. The van der Waals surface area contributed by atoms with Crippen LogP contribution in [0.25, 0.3) is 0 Å². The largest absolute Gasteiger partial charge is 0.256 e. The SMILES string of the molecule is CCCc1n(C(C)C)cc[n+]1CCC. The molecule has 1 aromatic heterocycles. The van der Waals surface area contributed by atoms with Gasteiger partial charge in [-0.2, -0.15) is 0 Å². The van der Waals surface area contributed by atoms with E-state index < -0.39 is 0 Å². The molecule has 0 unspecified atom stereocenters. The molecule has 0 aliphatic rings. The Morgan fingerprint density at radius 2 is 2.00 bits per heavy atom. The van der Waals surface area contributed by atoms with Crippen LogP contribution < -0.4 is 4.57 Å². The fraction of sp³-hybridized carbons (Fsp3) is 0.750. The molecule has 1 heterocycles. The summed E-state index contributed by atoms with van der Waals surface area (Å²) in [5.74, 6) is 1.48. The number of aryl methyl sites for hydroxylation is 1. The van der Waals surface area contributed by atoms with E-state index in [9.17, 15) is 0 Å². The highest BCUT2D eigenvalue weighted by molar-refractivity contribution is 4.86. The Balaban J connectivity index is 2.94. The molecule has 0 spiro atoms. The van der Waals surface area contributed by atoms with E-state index in [0.29, 0.717) is 6.04 Å². The second-order valence-corrected chi connectivity index (χ2v) is 4.16. The lowest BCUT2D eigenvalue weighted by molar-refractivity contribution is -0.703. The molecule has 0 atom stereocenters. The molecule has 0 N–H and O–H groups in total. The molecule has 80 valence electrons. The Kier molecular flexibility index (Phi) is 4.18. The number of rotatable bonds is 5. The number of hydrogen-bond acceptors (Lipinski definition) is 0. The van der Waals surface area contributed by atoms with Gasteiger partial charge in [-0.05, 0) is 26.7 Å². The highest BCUT2D eigenvalue weighted by Crippen LogP contribution is 2.08. The summed E-state index contributed by atoms with van der Waals surface area (Å²) < 4.78 is 4.78. The van der Waals surface area contributed by atoms with Crippen LogP contribution in [0.15, 0.2) is 12.4 Å². The zero-order chi connectivity index (χ0) is 10.6. The number of nitrogens with zero attached hydrogens (tertiary/aromatic N) is 2. The maximum absolute atomic E-state index is 2.39. The molecule has 0 fully saturated rings. The van der Waals surface area contributed by atoms with Crippen molar-refractivity contribution in [2.75, 3.05) is 0 Å². The zero-order valence-corrected chi connectivity index (χ0v) is 9.95. The lowest BCUT2D eigenvalue weighted by Gasteiger charge is -2.06. The monoisotopic (exact) mass is 195 g/mol. The van der Waals surface area contributed by atoms with E-state index in [1.165, 1.54) is 25.1 Å². The van der Waals surface area contributed by atoms with Gasteiger partial charge in [0, 0.05) is 6.42 Å². The maximum atomic E-state index is 2.39. The van der Waals surface area contributed by atoms with Gasteiger partial charge >= 0.3 is 0 Å². The van der Waals surface area contributed by atoms with Gasteiger partial charge in [-0.3, -0.25) is 0 Å². The standard InChI is InChI=1S/C12H23N2/c1-5-7-12-13(8-6-2)9-10-14(12)11(3)4/h9-11H,5-8H2,1-4H3/q+1. The lowest BCUT2D eigenvalue weighted by Crippen LogP contribution is -2.37. The molecule has 2 heteroatoms. The summed E-state index contributed by atoms with van der Waals surface area (Å²) in [5, 5.41) is 0. The van der Waals surface area contributed by atoms with Crippen molar-refractivity contribution in [3.8, 4) is 0 Å². The van der Waals surface area contributed by atoms with Gasteiger partial charge in [0.15, 0.2) is 0 Å². The number of aromatic nitrogens is 2. The first-order valence-electron chi connectivity index (χ1n) is 5.79. The van der Waals surface area contributed by atoms with Gasteiger partial charge in [0.1, 0.15) is 12.4 Å². The van der Waals surface area contributed by atoms with Crippen LogP contribution in [0.3, 0.4) is 0 Å². The van der Waals surface area contributed by atoms with E-state index in [2.05, 4.69) is 49.2 Å². The van der Waals surface area contributed by atoms with E-state index in [1.807, 2.05) is 0 Å². The summed E-state index contributed by atoms with van der Waals surface area (Å²) in [4.78, 5) is 0. The van der Waals surface area contributed by atoms with Gasteiger partial charge < -0.3 is 0 Å². The van der Waals surface area contributed by atoms with Gasteiger partial charge in [-0.25, -0.2) is 9.13 Å². The van der Waals surface area contributed by atoms with Crippen LogP contribution in [0, 0.1) is 0 Å². The van der Waals surface area contributed by atoms with Crippen molar-refractivity contribution < 1.29 is 4.57 Å². The van der Waals surface area contributed by atoms with Crippen molar-refractivity contribution in [3.63, 3.8) is 0 Å². The predicted octanol–water partition coefficient (Wildman–Crippen LogP) is 2.72. The Bertz CT molecular complexity index is 274. The van der Waals surface area contributed by atoms with Gasteiger partial charge in [-0.15, -0.1) is 0 Å². The molecule has 1 rings (SSSR count). The molecule has 0 saturated heterocycles. The molecular weight excluding hydrogens is 172 g/mol. The minimum Gasteiger partial charge on any atom is -0.234 e. The molecule has 0 bridgehead atoms. The molecule has 0 aromatic carbocycles. The van der Waals surface area contributed by atoms with E-state index in [1.54, 1.807) is 0 Å². The second kappa shape index (κ2) is 5.18. The first-order chi connectivity index (χ1) is 6.70. The van der Waals surface area contributed by atoms with E-state index in [4.69, 9.17) is 0 Å². The van der Waals surface area contributed by atoms with Crippen molar-refractivity contribution in [1.82, 2.24) is 4.57 Å². The van der Waals surface area contributed by atoms with E-state index in [0.717, 1.165) is 6.54 Å². The van der Waals surface area contributed by atoms with Crippen molar-refractivity contribution in [2.24, 2.45) is 0 Å². The molecule has 14 heavy (non-hydrogen) atoms. The highest BCUT2D eigenvalue weighted by atomic mass is 15.2. The van der Waals surface area contributed by atoms with Crippen molar-refractivity contribution in [1.29, 1.82) is 0 Å². The quantitative estimate of drug-likeness (QED) is 0.639. The number of hydrogen-bond donors (Lipinski definition) is 0. The fourth-order valence-electron chi connectivity index (χ4n) is 1.88. The van der Waals surface area contributed by atoms with Gasteiger partial charge in [0.05, 0.1) is 12.6 Å². The third kappa shape index (κ3) is 2.37. The third-order valence-corrected chi connectivity index (χ3v) is 2.53. The second-order valence-electron chi connectivity index (χ2n) is 4.16. The summed E-state index contributed by atoms with van der Waals surface area (Å²) in [6, 6.07) is 0.578. The van der Waals surface area contributed by atoms with Crippen LogP contribution in [0.5, 0.6) is 0 Å². The number of imidazole rings is 1. The van der Waals surface area contributed by atoms with E-state index >= 15 is 0 Å². The molecule has 0 aliphatic carbocycles. The zero-order valence-electron chi connectivity index (χ0n) is 9.95. The van der Waals surface area contributed by atoms with Crippen molar-refractivity contribution in [2.45, 2.75) is 59.5 Å². The van der Waals surface area contributed by atoms with Gasteiger partial charge in [0.25, 0.3) is 5.82 Å². The summed E-state index contributed by atoms with van der Waals surface area (Å²) in [6.07, 6.45) is 8.05. The first kappa shape index (κ1) is 11.3. The average molecular weight is 195 g/mol. The topological polar surface area (TPSA) is 8.81 Å². The molecule has 0 aliphatic heterocycles. The average Bonchev–Trinajstić information content (AvgIpc) is 2.50. The predicted molar refractivity (Wildman–Crippen MR) is 59.3 cm³/mol. The Labute approximate surface area is 87.6 Å². The van der Waals surface area contributed by atoms with Gasteiger partial charge in [0.2, 0.25) is 0 Å². The van der Waals surface area contributed by atoms with Crippen LogP contribution in [0.1, 0.15) is 52.4 Å². The Morgan fingerprint density at radius 3 is 2.50 bits per heavy atom. The van der Waals surface area contributed by atoms with Gasteiger partial charge in [-0.1, -0.05) is 13.8 Å². The lowest BCUT2D eigenvalue weighted by atomic mass is 10.3. The molecule has 0 saturated carbocycles. The molecule has 0 amide bonds. The smallest absolute Gasteiger partial charge is 0.234 e. The van der Waals surface area contributed by atoms with Crippen LogP contribution in [-0.4, -0.2) is 4.57 Å². The van der Waals surface area contributed by atoms with Crippen LogP contribution in [0.4, 0.5) is 0 Å². The molecule has 1 aromatic rings. The normalized spacial score (nSPS) is 11.2. The summed E-state index contributed by atoms with van der Waals surface area (Å²) in [7, 11) is 0. The Morgan fingerprint density at radius 1 is 1.29 bits per heavy atom. The maximum Gasteiger partial charge on any atom is 0.256 e. The summed E-state index contributed by atoms with van der Waals surface area (Å²) in [6.45, 7) is 10.1. The van der Waals surface area contributed by atoms with E-state index in [-0.39, 0.29) is 0 Å². The highest BCUT2D eigenvalue weighted by Gasteiger charge is 2.17. The first-order valence-corrected chi connectivity index (χ1v) is 5.79. The summed E-state index contributed by atoms with van der Waals surface area (Å²) >= 11 is 0. The fourth-order valence-corrected chi connectivity index (χ4v) is 1.88. The van der Waals surface area contributed by atoms with Crippen molar-refractivity contribution in [3.05, 3.63) is 18.2 Å². The minimum absolute atomic E-state index is 0.578. The Hall–Kier alpha value is -0.790. The third-order valence-electron chi connectivity index (χ3n) is 2.53.